The van der Waals surface area contributed by atoms with E-state index in [1.807, 2.05) is 19.2 Å². The molecule has 0 radical (unpaired) electrons. The molecular formula is C14H23NO2. The zero-order chi connectivity index (χ0) is 12.5. The highest BCUT2D eigenvalue weighted by Gasteiger charge is 2.05. The van der Waals surface area contributed by atoms with Crippen LogP contribution in [-0.2, 0) is 6.54 Å². The lowest BCUT2D eigenvalue weighted by molar-refractivity contribution is 0.286. The first-order valence-electron chi connectivity index (χ1n) is 6.26. The third-order valence-electron chi connectivity index (χ3n) is 2.61. The molecule has 0 amide bonds. The highest BCUT2D eigenvalue weighted by Crippen LogP contribution is 2.28. The quantitative estimate of drug-likeness (QED) is 0.705. The summed E-state index contributed by atoms with van der Waals surface area (Å²) in [6, 6.07) is 6.07. The van der Waals surface area contributed by atoms with Gasteiger partial charge in [0.1, 0.15) is 0 Å². The van der Waals surface area contributed by atoms with Gasteiger partial charge in [0, 0.05) is 6.54 Å². The van der Waals surface area contributed by atoms with Crippen molar-refractivity contribution in [3.63, 3.8) is 0 Å². The van der Waals surface area contributed by atoms with Crippen LogP contribution in [0.15, 0.2) is 18.2 Å². The summed E-state index contributed by atoms with van der Waals surface area (Å²) >= 11 is 0. The molecule has 0 aliphatic carbocycles. The Morgan fingerprint density at radius 1 is 1.18 bits per heavy atom. The van der Waals surface area contributed by atoms with Crippen molar-refractivity contribution in [3.8, 4) is 11.5 Å². The molecule has 0 aromatic heterocycles. The number of ether oxygens (including phenoxy) is 2. The molecule has 0 unspecified atom stereocenters. The molecule has 3 nitrogen and oxygen atoms in total. The number of hydrogen-bond donors (Lipinski definition) is 1. The monoisotopic (exact) mass is 237 g/mol. The molecule has 1 aromatic rings. The molecule has 0 saturated carbocycles. The van der Waals surface area contributed by atoms with Crippen LogP contribution in [0, 0.1) is 0 Å². The van der Waals surface area contributed by atoms with E-state index in [9.17, 15) is 0 Å². The second-order valence-electron chi connectivity index (χ2n) is 4.07. The molecule has 17 heavy (non-hydrogen) atoms. The van der Waals surface area contributed by atoms with E-state index in [4.69, 9.17) is 9.47 Å². The fourth-order valence-corrected chi connectivity index (χ4v) is 1.68. The molecule has 0 aliphatic rings. The minimum absolute atomic E-state index is 0.759. The van der Waals surface area contributed by atoms with Crippen LogP contribution in [-0.4, -0.2) is 20.8 Å². The molecular weight excluding hydrogens is 214 g/mol. The van der Waals surface area contributed by atoms with Gasteiger partial charge >= 0.3 is 0 Å². The molecule has 96 valence electrons. The average molecular weight is 237 g/mol. The second-order valence-corrected chi connectivity index (χ2v) is 4.07. The lowest BCUT2D eigenvalue weighted by Gasteiger charge is -2.12. The fourth-order valence-electron chi connectivity index (χ4n) is 1.68. The van der Waals surface area contributed by atoms with Crippen LogP contribution in [0.3, 0.4) is 0 Å². The lowest BCUT2D eigenvalue weighted by atomic mass is 10.2. The molecule has 0 spiro atoms. The highest BCUT2D eigenvalue weighted by molar-refractivity contribution is 5.42. The van der Waals surface area contributed by atoms with Gasteiger partial charge in [0.15, 0.2) is 11.5 Å². The summed E-state index contributed by atoms with van der Waals surface area (Å²) in [7, 11) is 3.61. The van der Waals surface area contributed by atoms with E-state index >= 15 is 0 Å². The van der Waals surface area contributed by atoms with E-state index < -0.39 is 0 Å². The summed E-state index contributed by atoms with van der Waals surface area (Å²) in [6.45, 7) is 3.79. The molecule has 0 saturated heterocycles. The third-order valence-corrected chi connectivity index (χ3v) is 2.61. The Morgan fingerprint density at radius 2 is 2.00 bits per heavy atom. The van der Waals surface area contributed by atoms with Crippen molar-refractivity contribution >= 4 is 0 Å². The molecule has 0 bridgehead atoms. The largest absolute Gasteiger partial charge is 0.493 e. The van der Waals surface area contributed by atoms with E-state index in [1.165, 1.54) is 18.4 Å². The first kappa shape index (κ1) is 13.8. The number of nitrogens with one attached hydrogen (secondary N) is 1. The Morgan fingerprint density at radius 3 is 2.65 bits per heavy atom. The third kappa shape index (κ3) is 4.65. The Balaban J connectivity index is 2.58. The summed E-state index contributed by atoms with van der Waals surface area (Å²) in [6.07, 6.45) is 3.51. The van der Waals surface area contributed by atoms with E-state index in [-0.39, 0.29) is 0 Å². The predicted octanol–water partition coefficient (Wildman–Crippen LogP) is 2.98. The smallest absolute Gasteiger partial charge is 0.161 e. The SMILES string of the molecule is CCCCCOc1ccc(CNC)cc1OC. The molecule has 1 aromatic carbocycles. The van der Waals surface area contributed by atoms with Gasteiger partial charge in [-0.25, -0.2) is 0 Å². The Bertz CT molecular complexity index is 326. The van der Waals surface area contributed by atoms with Gasteiger partial charge in [-0.1, -0.05) is 25.8 Å². The molecule has 0 fully saturated rings. The van der Waals surface area contributed by atoms with Crippen molar-refractivity contribution in [3.05, 3.63) is 23.8 Å². The van der Waals surface area contributed by atoms with Gasteiger partial charge in [-0.05, 0) is 31.2 Å². The molecule has 1 N–H and O–H groups in total. The summed E-state index contributed by atoms with van der Waals surface area (Å²) in [5.41, 5.74) is 1.20. The van der Waals surface area contributed by atoms with Gasteiger partial charge in [-0.15, -0.1) is 0 Å². The van der Waals surface area contributed by atoms with E-state index in [1.54, 1.807) is 7.11 Å². The maximum Gasteiger partial charge on any atom is 0.161 e. The van der Waals surface area contributed by atoms with Crippen molar-refractivity contribution in [1.82, 2.24) is 5.32 Å². The first-order chi connectivity index (χ1) is 8.31. The predicted molar refractivity (Wildman–Crippen MR) is 70.8 cm³/mol. The van der Waals surface area contributed by atoms with E-state index in [2.05, 4.69) is 18.3 Å². The van der Waals surface area contributed by atoms with Crippen LogP contribution in [0.25, 0.3) is 0 Å². The Labute approximate surface area is 104 Å². The number of unbranched alkanes of at least 4 members (excludes halogenated alkanes) is 2. The summed E-state index contributed by atoms with van der Waals surface area (Å²) in [4.78, 5) is 0. The molecule has 1 rings (SSSR count). The zero-order valence-corrected chi connectivity index (χ0v) is 11.1. The second kappa shape index (κ2) is 7.96. The van der Waals surface area contributed by atoms with Gasteiger partial charge in [0.05, 0.1) is 13.7 Å². The number of hydrogen-bond acceptors (Lipinski definition) is 3. The van der Waals surface area contributed by atoms with Gasteiger partial charge in [0.2, 0.25) is 0 Å². The summed E-state index contributed by atoms with van der Waals surface area (Å²) in [5.74, 6) is 1.65. The minimum atomic E-state index is 0.759. The van der Waals surface area contributed by atoms with Crippen LogP contribution in [0.1, 0.15) is 31.7 Å². The Hall–Kier alpha value is -1.22. The first-order valence-corrected chi connectivity index (χ1v) is 6.26. The van der Waals surface area contributed by atoms with E-state index in [0.717, 1.165) is 31.1 Å². The summed E-state index contributed by atoms with van der Waals surface area (Å²) in [5, 5.41) is 3.12. The standard InChI is InChI=1S/C14H23NO2/c1-4-5-6-9-17-13-8-7-12(11-15-2)10-14(13)16-3/h7-8,10,15H,4-6,9,11H2,1-3H3. The molecule has 0 aliphatic heterocycles. The van der Waals surface area contributed by atoms with Crippen LogP contribution in [0.5, 0.6) is 11.5 Å². The number of benzene rings is 1. The van der Waals surface area contributed by atoms with Crippen LogP contribution < -0.4 is 14.8 Å². The Kier molecular flexibility index (Phi) is 6.48. The maximum absolute atomic E-state index is 5.72. The maximum atomic E-state index is 5.72. The van der Waals surface area contributed by atoms with Gasteiger partial charge < -0.3 is 14.8 Å². The van der Waals surface area contributed by atoms with Gasteiger partial charge in [-0.3, -0.25) is 0 Å². The lowest BCUT2D eigenvalue weighted by Crippen LogP contribution is -2.06. The minimum Gasteiger partial charge on any atom is -0.493 e. The van der Waals surface area contributed by atoms with Crippen LogP contribution >= 0.6 is 0 Å². The van der Waals surface area contributed by atoms with Crippen LogP contribution in [0.2, 0.25) is 0 Å². The molecule has 0 atom stereocenters. The van der Waals surface area contributed by atoms with Crippen molar-refractivity contribution in [2.75, 3.05) is 20.8 Å². The summed E-state index contributed by atoms with van der Waals surface area (Å²) < 4.78 is 11.1. The van der Waals surface area contributed by atoms with Crippen molar-refractivity contribution in [1.29, 1.82) is 0 Å². The number of methoxy groups -OCH3 is 1. The zero-order valence-electron chi connectivity index (χ0n) is 11.1. The van der Waals surface area contributed by atoms with Gasteiger partial charge in [-0.2, -0.15) is 0 Å². The van der Waals surface area contributed by atoms with E-state index in [0.29, 0.717) is 0 Å². The average Bonchev–Trinajstić information content (AvgIpc) is 2.36. The number of rotatable bonds is 8. The van der Waals surface area contributed by atoms with Gasteiger partial charge in [0.25, 0.3) is 0 Å². The van der Waals surface area contributed by atoms with Crippen molar-refractivity contribution in [2.24, 2.45) is 0 Å². The van der Waals surface area contributed by atoms with Crippen LogP contribution in [0.4, 0.5) is 0 Å². The van der Waals surface area contributed by atoms with Crippen molar-refractivity contribution in [2.45, 2.75) is 32.7 Å². The normalized spacial score (nSPS) is 10.3. The molecule has 3 heteroatoms. The highest BCUT2D eigenvalue weighted by atomic mass is 16.5. The van der Waals surface area contributed by atoms with Crippen molar-refractivity contribution < 1.29 is 9.47 Å². The fraction of sp³-hybridized carbons (Fsp3) is 0.571. The molecule has 0 heterocycles. The topological polar surface area (TPSA) is 30.5 Å².